The summed E-state index contributed by atoms with van der Waals surface area (Å²) >= 11 is 0. The number of hydrogen-bond acceptors (Lipinski definition) is 7. The van der Waals surface area contributed by atoms with E-state index < -0.39 is 0 Å². The smallest absolute Gasteiger partial charge is 0.274 e. The van der Waals surface area contributed by atoms with Crippen LogP contribution < -0.4 is 20.5 Å². The lowest BCUT2D eigenvalue weighted by molar-refractivity contribution is 0.299. The lowest BCUT2D eigenvalue weighted by Gasteiger charge is -2.10. The van der Waals surface area contributed by atoms with Gasteiger partial charge in [-0.2, -0.15) is 5.10 Å². The number of benzene rings is 1. The van der Waals surface area contributed by atoms with E-state index in [1.165, 1.54) is 0 Å². The molecule has 1 heterocycles. The van der Waals surface area contributed by atoms with Crippen LogP contribution in [0.2, 0.25) is 0 Å². The summed E-state index contributed by atoms with van der Waals surface area (Å²) in [5.41, 5.74) is 3.33. The summed E-state index contributed by atoms with van der Waals surface area (Å²) < 4.78 is 10.9. The first-order valence-electron chi connectivity index (χ1n) is 7.19. The van der Waals surface area contributed by atoms with Gasteiger partial charge >= 0.3 is 0 Å². The Kier molecular flexibility index (Phi) is 5.91. The van der Waals surface area contributed by atoms with E-state index in [-0.39, 0.29) is 23.8 Å². The van der Waals surface area contributed by atoms with E-state index >= 15 is 0 Å². The summed E-state index contributed by atoms with van der Waals surface area (Å²) in [5, 5.41) is 11.5. The van der Waals surface area contributed by atoms with E-state index in [1.807, 2.05) is 6.92 Å². The third kappa shape index (κ3) is 4.58. The standard InChI is InChI=1S/C16H17N5O3/c1-4-8-24-13-7-6-12(9-14(13)23-5-2)10-17-20-16-18-15(22)11(3)19-21-16/h1,6-7,9-10H,5,8H2,2-3H3,(H2,18,20,21,22)/b17-10-. The van der Waals surface area contributed by atoms with Gasteiger partial charge in [-0.3, -0.25) is 9.78 Å². The number of nitrogens with one attached hydrogen (secondary N) is 2. The average Bonchev–Trinajstić information content (AvgIpc) is 2.58. The van der Waals surface area contributed by atoms with Crippen LogP contribution in [-0.2, 0) is 0 Å². The van der Waals surface area contributed by atoms with Crippen molar-refractivity contribution in [3.05, 3.63) is 39.8 Å². The number of ether oxygens (including phenoxy) is 2. The van der Waals surface area contributed by atoms with Gasteiger partial charge in [-0.1, -0.05) is 5.92 Å². The van der Waals surface area contributed by atoms with Gasteiger partial charge in [0.2, 0.25) is 5.95 Å². The molecule has 0 atom stereocenters. The normalized spacial score (nSPS) is 10.4. The molecule has 0 bridgehead atoms. The molecule has 0 aliphatic heterocycles. The summed E-state index contributed by atoms with van der Waals surface area (Å²) in [6, 6.07) is 5.31. The van der Waals surface area contributed by atoms with Crippen LogP contribution in [0.4, 0.5) is 5.95 Å². The molecule has 124 valence electrons. The molecule has 0 spiro atoms. The lowest BCUT2D eigenvalue weighted by Crippen LogP contribution is -2.15. The number of aryl methyl sites for hydroxylation is 1. The van der Waals surface area contributed by atoms with E-state index in [2.05, 4.69) is 31.6 Å². The highest BCUT2D eigenvalue weighted by Crippen LogP contribution is 2.27. The molecular formula is C16H17N5O3. The van der Waals surface area contributed by atoms with Crippen molar-refractivity contribution in [2.45, 2.75) is 13.8 Å². The molecule has 0 radical (unpaired) electrons. The maximum absolute atomic E-state index is 11.4. The second-order valence-corrected chi connectivity index (χ2v) is 4.59. The van der Waals surface area contributed by atoms with E-state index in [0.717, 1.165) is 5.56 Å². The highest BCUT2D eigenvalue weighted by atomic mass is 16.5. The molecule has 8 nitrogen and oxygen atoms in total. The van der Waals surface area contributed by atoms with Crippen molar-refractivity contribution in [3.8, 4) is 23.8 Å². The SMILES string of the molecule is C#CCOc1ccc(/C=N\Nc2nnc(C)c(=O)[nH]2)cc1OCC. The van der Waals surface area contributed by atoms with Crippen LogP contribution in [0, 0.1) is 19.3 Å². The molecule has 0 saturated heterocycles. The minimum absolute atomic E-state index is 0.154. The summed E-state index contributed by atoms with van der Waals surface area (Å²) in [6.45, 7) is 4.09. The molecule has 2 rings (SSSR count). The van der Waals surface area contributed by atoms with Gasteiger partial charge in [0.25, 0.3) is 5.56 Å². The Morgan fingerprint density at radius 3 is 2.92 bits per heavy atom. The summed E-state index contributed by atoms with van der Waals surface area (Å²) in [5.74, 6) is 3.69. The lowest BCUT2D eigenvalue weighted by atomic mass is 10.2. The number of aromatic amines is 1. The summed E-state index contributed by atoms with van der Waals surface area (Å²) in [6.07, 6.45) is 6.74. The molecule has 1 aromatic heterocycles. The minimum atomic E-state index is -0.323. The fourth-order valence-corrected chi connectivity index (χ4v) is 1.72. The second-order valence-electron chi connectivity index (χ2n) is 4.59. The highest BCUT2D eigenvalue weighted by molar-refractivity contribution is 5.81. The van der Waals surface area contributed by atoms with E-state index in [4.69, 9.17) is 15.9 Å². The first kappa shape index (κ1) is 17.0. The third-order valence-corrected chi connectivity index (χ3v) is 2.82. The fraction of sp³-hybridized carbons (Fsp3) is 0.250. The molecule has 0 fully saturated rings. The summed E-state index contributed by atoms with van der Waals surface area (Å²) in [7, 11) is 0. The maximum Gasteiger partial charge on any atom is 0.274 e. The van der Waals surface area contributed by atoms with Crippen LogP contribution in [-0.4, -0.2) is 34.6 Å². The first-order chi connectivity index (χ1) is 11.6. The predicted molar refractivity (Wildman–Crippen MR) is 90.5 cm³/mol. The van der Waals surface area contributed by atoms with Crippen molar-refractivity contribution >= 4 is 12.2 Å². The number of hydrogen-bond donors (Lipinski definition) is 2. The molecule has 0 aliphatic rings. The second kappa shape index (κ2) is 8.33. The zero-order valence-corrected chi connectivity index (χ0v) is 13.4. The molecule has 0 unspecified atom stereocenters. The number of nitrogens with zero attached hydrogens (tertiary/aromatic N) is 3. The Labute approximate surface area is 138 Å². The van der Waals surface area contributed by atoms with Crippen molar-refractivity contribution in [2.24, 2.45) is 5.10 Å². The van der Waals surface area contributed by atoms with Crippen molar-refractivity contribution in [1.82, 2.24) is 15.2 Å². The molecular weight excluding hydrogens is 310 g/mol. The number of anilines is 1. The molecule has 2 aromatic rings. The fourth-order valence-electron chi connectivity index (χ4n) is 1.72. The van der Waals surface area contributed by atoms with Crippen molar-refractivity contribution < 1.29 is 9.47 Å². The molecule has 1 aromatic carbocycles. The molecule has 0 amide bonds. The molecule has 0 aliphatic carbocycles. The summed E-state index contributed by atoms with van der Waals surface area (Å²) in [4.78, 5) is 13.9. The average molecular weight is 327 g/mol. The van der Waals surface area contributed by atoms with Gasteiger partial charge < -0.3 is 9.47 Å². The van der Waals surface area contributed by atoms with Gasteiger partial charge in [-0.15, -0.1) is 16.6 Å². The van der Waals surface area contributed by atoms with Gasteiger partial charge in [0.05, 0.1) is 12.8 Å². The topological polar surface area (TPSA) is 101 Å². The van der Waals surface area contributed by atoms with Crippen LogP contribution in [0.1, 0.15) is 18.2 Å². The van der Waals surface area contributed by atoms with Crippen LogP contribution >= 0.6 is 0 Å². The number of H-pyrrole nitrogens is 1. The van der Waals surface area contributed by atoms with Crippen molar-refractivity contribution in [1.29, 1.82) is 0 Å². The van der Waals surface area contributed by atoms with Crippen LogP contribution in [0.3, 0.4) is 0 Å². The van der Waals surface area contributed by atoms with Gasteiger partial charge in [0.15, 0.2) is 11.5 Å². The zero-order valence-electron chi connectivity index (χ0n) is 13.4. The van der Waals surface area contributed by atoms with Crippen LogP contribution in [0.5, 0.6) is 11.5 Å². The first-order valence-corrected chi connectivity index (χ1v) is 7.19. The van der Waals surface area contributed by atoms with E-state index in [0.29, 0.717) is 18.1 Å². The van der Waals surface area contributed by atoms with Crippen LogP contribution in [0.25, 0.3) is 0 Å². The molecule has 2 N–H and O–H groups in total. The molecule has 24 heavy (non-hydrogen) atoms. The van der Waals surface area contributed by atoms with Gasteiger partial charge in [0.1, 0.15) is 12.3 Å². The predicted octanol–water partition coefficient (Wildman–Crippen LogP) is 1.33. The Balaban J connectivity index is 2.10. The Morgan fingerprint density at radius 1 is 1.38 bits per heavy atom. The molecule has 0 saturated carbocycles. The largest absolute Gasteiger partial charge is 0.490 e. The number of rotatable bonds is 7. The van der Waals surface area contributed by atoms with Gasteiger partial charge in [-0.05, 0) is 37.6 Å². The van der Waals surface area contributed by atoms with Crippen LogP contribution in [0.15, 0.2) is 28.1 Å². The quantitative estimate of drug-likeness (QED) is 0.452. The Hall–Kier alpha value is -3.34. The Bertz CT molecular complexity index is 823. The highest BCUT2D eigenvalue weighted by Gasteiger charge is 2.05. The number of aromatic nitrogens is 3. The van der Waals surface area contributed by atoms with Gasteiger partial charge in [0, 0.05) is 0 Å². The number of hydrazone groups is 1. The monoisotopic (exact) mass is 327 g/mol. The molecule has 8 heteroatoms. The number of terminal acetylenes is 1. The minimum Gasteiger partial charge on any atom is -0.490 e. The van der Waals surface area contributed by atoms with Crippen molar-refractivity contribution in [3.63, 3.8) is 0 Å². The van der Waals surface area contributed by atoms with E-state index in [1.54, 1.807) is 31.3 Å². The Morgan fingerprint density at radius 2 is 2.21 bits per heavy atom. The van der Waals surface area contributed by atoms with Crippen molar-refractivity contribution in [2.75, 3.05) is 18.6 Å². The van der Waals surface area contributed by atoms with E-state index in [9.17, 15) is 4.79 Å². The third-order valence-electron chi connectivity index (χ3n) is 2.82. The zero-order chi connectivity index (χ0) is 17.4. The maximum atomic E-state index is 11.4. The van der Waals surface area contributed by atoms with Gasteiger partial charge in [-0.25, -0.2) is 5.43 Å².